The number of piperidine rings is 1. The first kappa shape index (κ1) is 26.2. The van der Waals surface area contributed by atoms with Gasteiger partial charge in [-0.15, -0.1) is 0 Å². The number of carbonyl (C=O) groups excluding carboxylic acids is 1. The summed E-state index contributed by atoms with van der Waals surface area (Å²) in [5.41, 5.74) is 2.70. The Balaban J connectivity index is 1.19. The van der Waals surface area contributed by atoms with Crippen molar-refractivity contribution in [3.05, 3.63) is 74.5 Å². The summed E-state index contributed by atoms with van der Waals surface area (Å²) in [4.78, 5) is 28.8. The zero-order valence-corrected chi connectivity index (χ0v) is 21.1. The largest absolute Gasteiger partial charge is 0.506 e. The number of phenolic OH excluding ortho intramolecular Hbond substituents is 1. The van der Waals surface area contributed by atoms with Gasteiger partial charge < -0.3 is 30.7 Å². The Morgan fingerprint density at radius 2 is 1.97 bits per heavy atom. The summed E-state index contributed by atoms with van der Waals surface area (Å²) in [6.07, 6.45) is 1.54. The molecule has 0 bridgehead atoms. The van der Waals surface area contributed by atoms with Gasteiger partial charge in [-0.1, -0.05) is 29.8 Å². The number of rotatable bonds is 9. The zero-order chi connectivity index (χ0) is 25.7. The molecule has 1 saturated heterocycles. The van der Waals surface area contributed by atoms with E-state index < -0.39 is 6.10 Å². The Morgan fingerprint density at radius 1 is 1.19 bits per heavy atom. The van der Waals surface area contributed by atoms with Crippen LogP contribution in [0.5, 0.6) is 5.75 Å². The van der Waals surface area contributed by atoms with Crippen LogP contribution in [0.3, 0.4) is 0 Å². The quantitative estimate of drug-likeness (QED) is 0.301. The molecule has 0 unspecified atom stereocenters. The number of nitrogens with zero attached hydrogens (tertiary/aromatic N) is 1. The third-order valence-corrected chi connectivity index (χ3v) is 7.37. The first-order valence-corrected chi connectivity index (χ1v) is 12.7. The summed E-state index contributed by atoms with van der Waals surface area (Å²) in [7, 11) is 0. The number of amides is 1. The molecule has 2 heterocycles. The average Bonchev–Trinajstić information content (AvgIpc) is 2.88. The number of aromatic amines is 1. The van der Waals surface area contributed by atoms with Gasteiger partial charge in [0.05, 0.1) is 11.6 Å². The maximum absolute atomic E-state index is 12.3. The van der Waals surface area contributed by atoms with E-state index in [-0.39, 0.29) is 23.3 Å². The molecule has 1 amide bonds. The molecule has 1 aromatic heterocycles. The zero-order valence-electron chi connectivity index (χ0n) is 20.4. The number of likely N-dealkylation sites (tertiary alicyclic amines) is 1. The van der Waals surface area contributed by atoms with E-state index in [0.29, 0.717) is 47.5 Å². The highest BCUT2D eigenvalue weighted by Crippen LogP contribution is 2.28. The van der Waals surface area contributed by atoms with Gasteiger partial charge in [-0.3, -0.25) is 9.59 Å². The summed E-state index contributed by atoms with van der Waals surface area (Å²) in [6.45, 7) is 5.29. The number of halogens is 1. The number of fused-ring (bicyclic) bond motifs is 1. The van der Waals surface area contributed by atoms with Crippen LogP contribution in [0.4, 0.5) is 0 Å². The standard InChI is InChI=1S/C27H33ClN4O4/c1-17-18(3-2-4-22(17)28)15-30-25(35)11-14-32-12-9-19(10-13-32)29-16-24(34)20-5-7-23(33)27-21(20)6-8-26(36)31-27/h2-8,19,24,29,33-34H,9-16H2,1H3,(H,30,35)(H,31,36)/t24-/m1/s1. The molecule has 36 heavy (non-hydrogen) atoms. The summed E-state index contributed by atoms with van der Waals surface area (Å²) in [6, 6.07) is 12.2. The van der Waals surface area contributed by atoms with E-state index in [1.807, 2.05) is 25.1 Å². The lowest BCUT2D eigenvalue weighted by molar-refractivity contribution is -0.121. The van der Waals surface area contributed by atoms with Crippen LogP contribution in [0.1, 0.15) is 42.1 Å². The number of hydrogen-bond donors (Lipinski definition) is 5. The summed E-state index contributed by atoms with van der Waals surface area (Å²) in [5, 5.41) is 28.6. The molecular formula is C27H33ClN4O4. The summed E-state index contributed by atoms with van der Waals surface area (Å²) >= 11 is 6.15. The molecule has 1 aliphatic rings. The Hall–Kier alpha value is -2.91. The smallest absolute Gasteiger partial charge is 0.248 e. The Kier molecular flexibility index (Phi) is 8.64. The molecular weight excluding hydrogens is 480 g/mol. The maximum atomic E-state index is 12.3. The van der Waals surface area contributed by atoms with Crippen molar-refractivity contribution in [3.8, 4) is 5.75 Å². The molecule has 0 spiro atoms. The van der Waals surface area contributed by atoms with Crippen molar-refractivity contribution >= 4 is 28.4 Å². The van der Waals surface area contributed by atoms with Gasteiger partial charge in [0, 0.05) is 48.6 Å². The number of aromatic nitrogens is 1. The number of aliphatic hydroxyl groups excluding tert-OH is 1. The lowest BCUT2D eigenvalue weighted by atomic mass is 10.0. The van der Waals surface area contributed by atoms with Gasteiger partial charge >= 0.3 is 0 Å². The van der Waals surface area contributed by atoms with Crippen molar-refractivity contribution in [2.45, 2.75) is 44.9 Å². The highest BCUT2D eigenvalue weighted by Gasteiger charge is 2.21. The first-order chi connectivity index (χ1) is 17.3. The molecule has 5 N–H and O–H groups in total. The minimum absolute atomic E-state index is 0.0211. The number of nitrogens with one attached hydrogen (secondary N) is 3. The fraction of sp³-hybridized carbons (Fsp3) is 0.407. The average molecular weight is 513 g/mol. The normalized spacial score (nSPS) is 15.8. The molecule has 192 valence electrons. The van der Waals surface area contributed by atoms with Gasteiger partial charge in [-0.2, -0.15) is 0 Å². The number of hydrogen-bond acceptors (Lipinski definition) is 6. The van der Waals surface area contributed by atoms with Crippen molar-refractivity contribution < 1.29 is 15.0 Å². The van der Waals surface area contributed by atoms with Crippen LogP contribution < -0.4 is 16.2 Å². The number of aromatic hydroxyl groups is 1. The van der Waals surface area contributed by atoms with Crippen molar-refractivity contribution in [1.82, 2.24) is 20.5 Å². The van der Waals surface area contributed by atoms with E-state index in [1.165, 1.54) is 12.1 Å². The Labute approximate surface area is 215 Å². The first-order valence-electron chi connectivity index (χ1n) is 12.3. The highest BCUT2D eigenvalue weighted by atomic mass is 35.5. The Morgan fingerprint density at radius 3 is 2.75 bits per heavy atom. The van der Waals surface area contributed by atoms with Crippen LogP contribution in [0, 0.1) is 6.92 Å². The molecule has 0 saturated carbocycles. The van der Waals surface area contributed by atoms with Crippen molar-refractivity contribution in [2.24, 2.45) is 0 Å². The number of carbonyl (C=O) groups is 1. The lowest BCUT2D eigenvalue weighted by Crippen LogP contribution is -2.44. The lowest BCUT2D eigenvalue weighted by Gasteiger charge is -2.32. The molecule has 1 fully saturated rings. The molecule has 1 aliphatic heterocycles. The second-order valence-electron chi connectivity index (χ2n) is 9.38. The molecule has 4 rings (SSSR count). The number of aliphatic hydroxyl groups is 1. The summed E-state index contributed by atoms with van der Waals surface area (Å²) < 4.78 is 0. The van der Waals surface area contributed by atoms with Crippen LogP contribution in [-0.4, -0.2) is 58.2 Å². The SMILES string of the molecule is Cc1c(Cl)cccc1CNC(=O)CCN1CCC(NC[C@@H](O)c2ccc(O)c3[nH]c(=O)ccc23)CC1. The molecule has 9 heteroatoms. The molecule has 3 aromatic rings. The fourth-order valence-electron chi connectivity index (χ4n) is 4.68. The van der Waals surface area contributed by atoms with Gasteiger partial charge in [0.1, 0.15) is 5.75 Å². The van der Waals surface area contributed by atoms with Crippen molar-refractivity contribution in [1.29, 1.82) is 0 Å². The van der Waals surface area contributed by atoms with Gasteiger partial charge in [0.25, 0.3) is 0 Å². The van der Waals surface area contributed by atoms with E-state index in [0.717, 1.165) is 37.1 Å². The van der Waals surface area contributed by atoms with Crippen LogP contribution in [-0.2, 0) is 11.3 Å². The Bertz CT molecular complexity index is 1270. The van der Waals surface area contributed by atoms with Crippen LogP contribution in [0.15, 0.2) is 47.3 Å². The van der Waals surface area contributed by atoms with E-state index >= 15 is 0 Å². The minimum Gasteiger partial charge on any atom is -0.506 e. The maximum Gasteiger partial charge on any atom is 0.248 e. The van der Waals surface area contributed by atoms with Gasteiger partial charge in [0.15, 0.2) is 0 Å². The van der Waals surface area contributed by atoms with Crippen LogP contribution >= 0.6 is 11.6 Å². The molecule has 2 aromatic carbocycles. The predicted molar refractivity (Wildman–Crippen MR) is 141 cm³/mol. The van der Waals surface area contributed by atoms with Crippen molar-refractivity contribution in [2.75, 3.05) is 26.2 Å². The highest BCUT2D eigenvalue weighted by molar-refractivity contribution is 6.31. The van der Waals surface area contributed by atoms with Gasteiger partial charge in [-0.05, 0) is 67.7 Å². The fourth-order valence-corrected chi connectivity index (χ4v) is 4.88. The number of phenols is 1. The number of pyridine rings is 1. The van der Waals surface area contributed by atoms with E-state index in [9.17, 15) is 19.8 Å². The molecule has 1 atom stereocenters. The molecule has 8 nitrogen and oxygen atoms in total. The van der Waals surface area contributed by atoms with Crippen LogP contribution in [0.25, 0.3) is 10.9 Å². The van der Waals surface area contributed by atoms with Crippen molar-refractivity contribution in [3.63, 3.8) is 0 Å². The molecule has 0 aliphatic carbocycles. The minimum atomic E-state index is -0.774. The number of benzene rings is 2. The third kappa shape index (κ3) is 6.44. The second-order valence-corrected chi connectivity index (χ2v) is 9.78. The van der Waals surface area contributed by atoms with E-state index in [2.05, 4.69) is 20.5 Å². The van der Waals surface area contributed by atoms with E-state index in [1.54, 1.807) is 12.1 Å². The third-order valence-electron chi connectivity index (χ3n) is 6.96. The predicted octanol–water partition coefficient (Wildman–Crippen LogP) is 2.99. The van der Waals surface area contributed by atoms with E-state index in [4.69, 9.17) is 11.6 Å². The topological polar surface area (TPSA) is 118 Å². The number of H-pyrrole nitrogens is 1. The van der Waals surface area contributed by atoms with Crippen LogP contribution in [0.2, 0.25) is 5.02 Å². The van der Waals surface area contributed by atoms with Gasteiger partial charge in [0.2, 0.25) is 11.5 Å². The molecule has 0 radical (unpaired) electrons. The summed E-state index contributed by atoms with van der Waals surface area (Å²) in [5.74, 6) is 0.00690. The monoisotopic (exact) mass is 512 g/mol. The van der Waals surface area contributed by atoms with Gasteiger partial charge in [-0.25, -0.2) is 0 Å². The second kappa shape index (κ2) is 11.9.